The van der Waals surface area contributed by atoms with Gasteiger partial charge in [0.25, 0.3) is 5.91 Å². The second-order valence-electron chi connectivity index (χ2n) is 14.7. The molecule has 4 atom stereocenters. The quantitative estimate of drug-likeness (QED) is 0.266. The van der Waals surface area contributed by atoms with Gasteiger partial charge in [0, 0.05) is 55.8 Å². The summed E-state index contributed by atoms with van der Waals surface area (Å²) in [6, 6.07) is 7.72. The maximum Gasteiger partial charge on any atom is 0.250 e. The number of aromatic nitrogens is 2. The first-order chi connectivity index (χ1) is 22.4. The molecule has 1 saturated heterocycles. The largest absolute Gasteiger partial charge is 0.471 e. The molecule has 0 radical (unpaired) electrons. The normalized spacial score (nSPS) is 22.2. The lowest BCUT2D eigenvalue weighted by Gasteiger charge is -2.47. The lowest BCUT2D eigenvalue weighted by molar-refractivity contribution is -0.140. The third-order valence-electron chi connectivity index (χ3n) is 9.43. The monoisotopic (exact) mass is 665 g/mol. The van der Waals surface area contributed by atoms with Crippen LogP contribution in [0.25, 0.3) is 0 Å². The zero-order valence-corrected chi connectivity index (χ0v) is 28.7. The summed E-state index contributed by atoms with van der Waals surface area (Å²) in [5.74, 6) is 0.0739. The molecule has 254 valence electrons. The highest BCUT2D eigenvalue weighted by atomic mass is 32.1. The highest BCUT2D eigenvalue weighted by Crippen LogP contribution is 2.48. The van der Waals surface area contributed by atoms with E-state index >= 15 is 0 Å². The van der Waals surface area contributed by atoms with E-state index in [1.807, 2.05) is 18.5 Å². The van der Waals surface area contributed by atoms with Gasteiger partial charge in [-0.2, -0.15) is 0 Å². The predicted octanol–water partition coefficient (Wildman–Crippen LogP) is 4.90. The van der Waals surface area contributed by atoms with Gasteiger partial charge in [0.2, 0.25) is 5.88 Å². The average molecular weight is 666 g/mol. The minimum atomic E-state index is -0.920. The molecule has 6 rings (SSSR count). The fourth-order valence-corrected chi connectivity index (χ4v) is 7.50. The number of amides is 1. The first-order valence-corrected chi connectivity index (χ1v) is 17.7. The van der Waals surface area contributed by atoms with E-state index in [1.54, 1.807) is 23.5 Å². The van der Waals surface area contributed by atoms with Crippen molar-refractivity contribution in [2.75, 3.05) is 26.2 Å². The number of thiazole rings is 1. The second kappa shape index (κ2) is 14.3. The van der Waals surface area contributed by atoms with E-state index in [0.717, 1.165) is 59.5 Å². The Morgan fingerprint density at radius 3 is 2.70 bits per heavy atom. The van der Waals surface area contributed by atoms with Gasteiger partial charge in [-0.25, -0.2) is 14.4 Å². The van der Waals surface area contributed by atoms with Gasteiger partial charge in [0.15, 0.2) is 0 Å². The summed E-state index contributed by atoms with van der Waals surface area (Å²) < 4.78 is 26.1. The number of halogens is 1. The van der Waals surface area contributed by atoms with Crippen LogP contribution in [0.3, 0.4) is 0 Å². The molecule has 1 spiro atoms. The van der Waals surface area contributed by atoms with Gasteiger partial charge in [-0.15, -0.1) is 11.3 Å². The van der Waals surface area contributed by atoms with Crippen molar-refractivity contribution >= 4 is 17.2 Å². The Kier molecular flexibility index (Phi) is 10.3. The van der Waals surface area contributed by atoms with Crippen LogP contribution in [0.15, 0.2) is 41.9 Å². The van der Waals surface area contributed by atoms with Gasteiger partial charge >= 0.3 is 0 Å². The maximum atomic E-state index is 13.7. The van der Waals surface area contributed by atoms with Crippen molar-refractivity contribution < 1.29 is 23.8 Å². The average Bonchev–Trinajstić information content (AvgIpc) is 3.42. The van der Waals surface area contributed by atoms with Crippen LogP contribution in [0, 0.1) is 18.2 Å². The van der Waals surface area contributed by atoms with Gasteiger partial charge in [-0.3, -0.25) is 9.69 Å². The highest BCUT2D eigenvalue weighted by Gasteiger charge is 2.46. The lowest BCUT2D eigenvalue weighted by Crippen LogP contribution is -2.56. The van der Waals surface area contributed by atoms with Crippen LogP contribution in [-0.4, -0.2) is 76.0 Å². The van der Waals surface area contributed by atoms with Crippen molar-refractivity contribution in [2.24, 2.45) is 5.41 Å². The Morgan fingerprint density at radius 2 is 2.02 bits per heavy atom. The smallest absolute Gasteiger partial charge is 0.250 e. The van der Waals surface area contributed by atoms with Crippen LogP contribution >= 0.6 is 11.3 Å². The standard InChI is InChI=1S/C36H48FN5O4S/c1-23-40-27(22-47-23)20-42-12-13-45-32(21-42)33(44)41-29(15-24-6-8-26(37)9-7-24)31(43)19-38-30-17-36(10-5-11-36)46-34-28(30)14-25(18-39-34)16-35(2,3)4/h6-9,14,18,22,29-32,38,43H,5,10-13,15-17,19-21H2,1-4H3,(H,41,44)/t29-,30-,31-,32+/m0/s1. The molecule has 1 saturated carbocycles. The van der Waals surface area contributed by atoms with Crippen molar-refractivity contribution in [3.63, 3.8) is 0 Å². The number of aryl methyl sites for hydroxylation is 1. The van der Waals surface area contributed by atoms with E-state index in [0.29, 0.717) is 38.5 Å². The molecule has 1 aliphatic carbocycles. The van der Waals surface area contributed by atoms with Gasteiger partial charge in [0.05, 0.1) is 29.5 Å². The molecular weight excluding hydrogens is 617 g/mol. The number of ether oxygens (including phenoxy) is 2. The first kappa shape index (κ1) is 33.9. The number of morpholine rings is 1. The number of aliphatic hydroxyl groups excluding tert-OH is 1. The molecule has 3 N–H and O–H groups in total. The van der Waals surface area contributed by atoms with Crippen LogP contribution in [-0.2, 0) is 28.9 Å². The van der Waals surface area contributed by atoms with Crippen LogP contribution in [0.2, 0.25) is 0 Å². The topological polar surface area (TPSA) is 109 Å². The summed E-state index contributed by atoms with van der Waals surface area (Å²) in [6.45, 7) is 11.1. The van der Waals surface area contributed by atoms with E-state index in [-0.39, 0.29) is 35.3 Å². The third kappa shape index (κ3) is 8.75. The number of carbonyl (C=O) groups is 1. The van der Waals surface area contributed by atoms with Crippen molar-refractivity contribution in [3.05, 3.63) is 75.1 Å². The Morgan fingerprint density at radius 1 is 1.23 bits per heavy atom. The molecule has 11 heteroatoms. The summed E-state index contributed by atoms with van der Waals surface area (Å²) in [4.78, 5) is 25.1. The Balaban J connectivity index is 1.15. The fourth-order valence-electron chi connectivity index (χ4n) is 6.90. The minimum Gasteiger partial charge on any atom is -0.471 e. The summed E-state index contributed by atoms with van der Waals surface area (Å²) in [5.41, 5.74) is 3.87. The molecule has 3 aliphatic rings. The van der Waals surface area contributed by atoms with Crippen LogP contribution in [0.1, 0.15) is 79.9 Å². The van der Waals surface area contributed by atoms with Gasteiger partial charge in [0.1, 0.15) is 17.5 Å². The zero-order valence-electron chi connectivity index (χ0n) is 27.9. The van der Waals surface area contributed by atoms with Crippen LogP contribution in [0.5, 0.6) is 5.88 Å². The summed E-state index contributed by atoms with van der Waals surface area (Å²) in [7, 11) is 0. The Labute approximate surface area is 281 Å². The molecule has 3 aromatic rings. The molecule has 2 aromatic heterocycles. The Hall–Kier alpha value is -2.96. The molecule has 4 heterocycles. The molecule has 1 amide bonds. The molecule has 1 aromatic carbocycles. The van der Waals surface area contributed by atoms with Gasteiger partial charge < -0.3 is 25.2 Å². The van der Waals surface area contributed by atoms with E-state index in [2.05, 4.69) is 47.4 Å². The van der Waals surface area contributed by atoms with Crippen molar-refractivity contribution in [3.8, 4) is 5.88 Å². The molecule has 0 unspecified atom stereocenters. The molecule has 2 fully saturated rings. The lowest BCUT2D eigenvalue weighted by atomic mass is 9.73. The summed E-state index contributed by atoms with van der Waals surface area (Å²) >= 11 is 1.62. The van der Waals surface area contributed by atoms with Crippen molar-refractivity contribution in [1.82, 2.24) is 25.5 Å². The number of pyridine rings is 1. The number of benzene rings is 1. The number of fused-ring (bicyclic) bond motifs is 1. The summed E-state index contributed by atoms with van der Waals surface area (Å²) in [6.07, 6.45) is 5.47. The number of hydrogen-bond acceptors (Lipinski definition) is 9. The van der Waals surface area contributed by atoms with E-state index in [4.69, 9.17) is 14.5 Å². The van der Waals surface area contributed by atoms with Gasteiger partial charge in [-0.1, -0.05) is 32.9 Å². The molecule has 9 nitrogen and oxygen atoms in total. The van der Waals surface area contributed by atoms with Crippen molar-refractivity contribution in [2.45, 2.75) is 103 Å². The minimum absolute atomic E-state index is 0.0483. The fraction of sp³-hybridized carbons (Fsp3) is 0.583. The first-order valence-electron chi connectivity index (χ1n) is 16.8. The van der Waals surface area contributed by atoms with Gasteiger partial charge in [-0.05, 0) is 73.8 Å². The molecule has 47 heavy (non-hydrogen) atoms. The Bertz CT molecular complexity index is 1520. The SMILES string of the molecule is Cc1nc(CN2CCO[C@@H](C(=O)N[C@@H](Cc3ccc(F)cc3)[C@@H](O)CN[C@H]3CC4(CCC4)Oc4ncc(CC(C)(C)C)cc43)C2)cs1. The number of nitrogens with zero attached hydrogens (tertiary/aromatic N) is 3. The second-order valence-corrected chi connectivity index (χ2v) is 15.8. The maximum absolute atomic E-state index is 13.7. The van der Waals surface area contributed by atoms with E-state index in [1.165, 1.54) is 12.1 Å². The number of hydrogen-bond donors (Lipinski definition) is 3. The van der Waals surface area contributed by atoms with Crippen molar-refractivity contribution in [1.29, 1.82) is 0 Å². The summed E-state index contributed by atoms with van der Waals surface area (Å²) in [5, 5.41) is 21.4. The predicted molar refractivity (Wildman–Crippen MR) is 180 cm³/mol. The highest BCUT2D eigenvalue weighted by molar-refractivity contribution is 7.09. The molecule has 0 bridgehead atoms. The van der Waals surface area contributed by atoms with Crippen LogP contribution in [0.4, 0.5) is 4.39 Å². The number of nitrogens with one attached hydrogen (secondary N) is 2. The number of rotatable bonds is 11. The van der Waals surface area contributed by atoms with Crippen LogP contribution < -0.4 is 15.4 Å². The third-order valence-corrected chi connectivity index (χ3v) is 10.3. The van der Waals surface area contributed by atoms with E-state index < -0.39 is 18.2 Å². The molecule has 2 aliphatic heterocycles. The number of carbonyl (C=O) groups excluding carboxylic acids is 1. The molecular formula is C36H48FN5O4S. The van der Waals surface area contributed by atoms with E-state index in [9.17, 15) is 14.3 Å². The zero-order chi connectivity index (χ0) is 33.2. The number of aliphatic hydroxyl groups is 1.